The lowest BCUT2D eigenvalue weighted by molar-refractivity contribution is 0.00578. The van der Waals surface area contributed by atoms with Crippen LogP contribution in [0, 0.1) is 11.6 Å². The fourth-order valence-electron chi connectivity index (χ4n) is 8.23. The standard InChI is InChI=1S/C23H23ClFN3O.C16H14ClFO4.C15H24BN3O2/c1-29-20-7-6-18(23(25)22(20)17-3-2-4-19(24)14-17)13-16-5-8-21(27-15-16)28-11-9-26-10-12-28;1-20-13-7-6-11(9-22-16(19)21-2)15(18)14(13)10-4-3-5-12(17)8-10;1-14(2)15(3,4)21-16(20-14)12-5-6-13(18-11-12)19-9-7-17-8-10-19/h2-8,14-15,26H,9-13H2,1H3;3-8H,9H2,1-2H3;5-6,11,17H,7-10H2,1-4H3. The molecule has 0 unspecified atom stereocenters. The van der Waals surface area contributed by atoms with Gasteiger partial charge in [0.2, 0.25) is 0 Å². The first-order valence-electron chi connectivity index (χ1n) is 23.7. The van der Waals surface area contributed by atoms with E-state index in [4.69, 9.17) is 46.7 Å². The normalized spacial score (nSPS) is 15.9. The van der Waals surface area contributed by atoms with Crippen LogP contribution in [0.4, 0.5) is 25.2 Å². The number of anilines is 2. The van der Waals surface area contributed by atoms with Crippen molar-refractivity contribution in [2.45, 2.75) is 51.9 Å². The Morgan fingerprint density at radius 2 is 1.15 bits per heavy atom. The maximum atomic E-state index is 15.4. The van der Waals surface area contributed by atoms with Crippen LogP contribution in [0.2, 0.25) is 10.0 Å². The molecule has 0 bridgehead atoms. The lowest BCUT2D eigenvalue weighted by Gasteiger charge is -2.32. The minimum absolute atomic E-state index is 0.209. The monoisotopic (exact) mass is 1020 g/mol. The maximum absolute atomic E-state index is 15.4. The predicted molar refractivity (Wildman–Crippen MR) is 281 cm³/mol. The number of hydrogen-bond donors (Lipinski definition) is 2. The third kappa shape index (κ3) is 13.3. The molecule has 0 saturated carbocycles. The molecular formula is C54H61BCl2F2N6O7. The number of aromatic nitrogens is 2. The molecule has 13 nitrogen and oxygen atoms in total. The van der Waals surface area contributed by atoms with Crippen molar-refractivity contribution < 1.29 is 41.8 Å². The predicted octanol–water partition coefficient (Wildman–Crippen LogP) is 9.78. The first kappa shape index (κ1) is 53.8. The molecule has 9 rings (SSSR count). The Bertz CT molecular complexity index is 2750. The summed E-state index contributed by atoms with van der Waals surface area (Å²) in [5, 5.41) is 7.72. The molecule has 0 aliphatic carbocycles. The fraction of sp³-hybridized carbons (Fsp3) is 0.352. The van der Waals surface area contributed by atoms with Gasteiger partial charge in [0.15, 0.2) is 0 Å². The van der Waals surface area contributed by atoms with E-state index in [2.05, 4.69) is 75.0 Å². The van der Waals surface area contributed by atoms with Crippen LogP contribution in [0.15, 0.2) is 109 Å². The van der Waals surface area contributed by atoms with Crippen LogP contribution in [0.1, 0.15) is 44.4 Å². The number of pyridine rings is 2. The molecule has 3 saturated heterocycles. The van der Waals surface area contributed by atoms with Crippen molar-refractivity contribution in [1.82, 2.24) is 20.6 Å². The second-order valence-electron chi connectivity index (χ2n) is 18.2. The van der Waals surface area contributed by atoms with Gasteiger partial charge in [-0.05, 0) is 105 Å². The molecule has 18 heteroatoms. The summed E-state index contributed by atoms with van der Waals surface area (Å²) in [6.45, 7) is 15.9. The Morgan fingerprint density at radius 3 is 1.60 bits per heavy atom. The first-order valence-corrected chi connectivity index (χ1v) is 24.5. The molecule has 3 fully saturated rings. The van der Waals surface area contributed by atoms with Crippen molar-refractivity contribution in [3.63, 3.8) is 0 Å². The Kier molecular flexibility index (Phi) is 18.4. The number of carbonyl (C=O) groups excluding carboxylic acids is 1. The average Bonchev–Trinajstić information content (AvgIpc) is 3.62. The van der Waals surface area contributed by atoms with Crippen LogP contribution >= 0.6 is 23.2 Å². The first-order chi connectivity index (χ1) is 34.6. The smallest absolute Gasteiger partial charge is 0.496 e. The molecule has 3 aliphatic heterocycles. The molecule has 0 amide bonds. The van der Waals surface area contributed by atoms with E-state index in [1.54, 1.807) is 61.7 Å². The second-order valence-corrected chi connectivity index (χ2v) is 19.1. The molecule has 380 valence electrons. The summed E-state index contributed by atoms with van der Waals surface area (Å²) < 4.78 is 62.0. The Balaban J connectivity index is 0.000000161. The average molecular weight is 1030 g/mol. The van der Waals surface area contributed by atoms with E-state index in [0.717, 1.165) is 75.0 Å². The molecule has 4 aromatic carbocycles. The number of carbonyl (C=O) groups is 1. The zero-order chi connectivity index (χ0) is 51.4. The van der Waals surface area contributed by atoms with Crippen molar-refractivity contribution in [3.8, 4) is 33.8 Å². The van der Waals surface area contributed by atoms with Gasteiger partial charge in [0.05, 0.1) is 43.7 Å². The summed E-state index contributed by atoms with van der Waals surface area (Å²) in [6.07, 6.45) is 3.29. The number of methoxy groups -OCH3 is 3. The third-order valence-electron chi connectivity index (χ3n) is 12.9. The minimum Gasteiger partial charge on any atom is -0.496 e. The summed E-state index contributed by atoms with van der Waals surface area (Å²) in [5.41, 5.74) is 4.08. The van der Waals surface area contributed by atoms with Crippen molar-refractivity contribution in [3.05, 3.63) is 148 Å². The quantitative estimate of drug-likeness (QED) is 0.0945. The van der Waals surface area contributed by atoms with Gasteiger partial charge in [0, 0.05) is 92.2 Å². The fourth-order valence-corrected chi connectivity index (χ4v) is 8.61. The van der Waals surface area contributed by atoms with E-state index in [0.29, 0.717) is 50.2 Å². The maximum Gasteiger partial charge on any atom is 0.508 e. The SMILES string of the molecule is CC1(C)OB(c2ccc(N3CCNCC3)nc2)OC1(C)C.COC(=O)OCc1ccc(OC)c(-c2cccc(Cl)c2)c1F.COc1ccc(Cc2ccc(N3CCNCC3)nc2)c(F)c1-c1cccc(Cl)c1. The van der Waals surface area contributed by atoms with E-state index >= 15 is 4.39 Å². The molecule has 72 heavy (non-hydrogen) atoms. The van der Waals surface area contributed by atoms with E-state index in [1.165, 1.54) is 20.3 Å². The number of ether oxygens (including phenoxy) is 4. The molecule has 2 aromatic heterocycles. The lowest BCUT2D eigenvalue weighted by atomic mass is 9.80. The number of nitrogens with one attached hydrogen (secondary N) is 2. The summed E-state index contributed by atoms with van der Waals surface area (Å²) in [5.74, 6) is 2.01. The van der Waals surface area contributed by atoms with Gasteiger partial charge in [0.1, 0.15) is 41.4 Å². The van der Waals surface area contributed by atoms with Gasteiger partial charge in [-0.3, -0.25) is 0 Å². The van der Waals surface area contributed by atoms with E-state index in [1.807, 2.05) is 36.7 Å². The number of benzene rings is 4. The third-order valence-corrected chi connectivity index (χ3v) is 13.4. The number of rotatable bonds is 11. The zero-order valence-electron chi connectivity index (χ0n) is 41.7. The number of hydrogen-bond acceptors (Lipinski definition) is 13. The second kappa shape index (κ2) is 24.6. The van der Waals surface area contributed by atoms with Crippen molar-refractivity contribution in [2.24, 2.45) is 0 Å². The number of piperazine rings is 2. The van der Waals surface area contributed by atoms with Gasteiger partial charge in [0.25, 0.3) is 0 Å². The van der Waals surface area contributed by atoms with Gasteiger partial charge >= 0.3 is 13.3 Å². The van der Waals surface area contributed by atoms with E-state index in [9.17, 15) is 9.18 Å². The zero-order valence-corrected chi connectivity index (χ0v) is 43.2. The Labute approximate surface area is 431 Å². The van der Waals surface area contributed by atoms with Crippen LogP contribution < -0.4 is 35.4 Å². The largest absolute Gasteiger partial charge is 0.508 e. The highest BCUT2D eigenvalue weighted by atomic mass is 35.5. The van der Waals surface area contributed by atoms with Crippen molar-refractivity contribution in [2.75, 3.05) is 83.5 Å². The van der Waals surface area contributed by atoms with E-state index in [-0.39, 0.29) is 41.9 Å². The molecule has 3 aliphatic rings. The van der Waals surface area contributed by atoms with Crippen LogP contribution in [0.3, 0.4) is 0 Å². The molecular weight excluding hydrogens is 964 g/mol. The molecule has 0 radical (unpaired) electrons. The molecule has 0 spiro atoms. The highest BCUT2D eigenvalue weighted by Gasteiger charge is 2.51. The summed E-state index contributed by atoms with van der Waals surface area (Å²) in [4.78, 5) is 24.7. The summed E-state index contributed by atoms with van der Waals surface area (Å²) in [6, 6.07) is 28.7. The Hall–Kier alpha value is -6.01. The van der Waals surface area contributed by atoms with Crippen molar-refractivity contribution >= 4 is 53.6 Å². The van der Waals surface area contributed by atoms with Gasteiger partial charge in [-0.15, -0.1) is 0 Å². The van der Waals surface area contributed by atoms with Crippen LogP contribution in [0.25, 0.3) is 22.3 Å². The van der Waals surface area contributed by atoms with Crippen molar-refractivity contribution in [1.29, 1.82) is 0 Å². The van der Waals surface area contributed by atoms with Crippen LogP contribution in [0.5, 0.6) is 11.5 Å². The molecule has 5 heterocycles. The molecule has 2 N–H and O–H groups in total. The number of halogens is 4. The highest BCUT2D eigenvalue weighted by molar-refractivity contribution is 6.62. The Morgan fingerprint density at radius 1 is 0.667 bits per heavy atom. The minimum atomic E-state index is -0.875. The van der Waals surface area contributed by atoms with Gasteiger partial charge < -0.3 is 48.7 Å². The lowest BCUT2D eigenvalue weighted by Crippen LogP contribution is -2.44. The molecule has 6 aromatic rings. The van der Waals surface area contributed by atoms with Crippen LogP contribution in [-0.2, 0) is 31.8 Å². The summed E-state index contributed by atoms with van der Waals surface area (Å²) in [7, 11) is 3.85. The molecule has 0 atom stereocenters. The van der Waals surface area contributed by atoms with Gasteiger partial charge in [-0.2, -0.15) is 0 Å². The summed E-state index contributed by atoms with van der Waals surface area (Å²) >= 11 is 12.1. The van der Waals surface area contributed by atoms with Gasteiger partial charge in [-0.25, -0.2) is 23.5 Å². The van der Waals surface area contributed by atoms with Gasteiger partial charge in [-0.1, -0.05) is 65.7 Å². The van der Waals surface area contributed by atoms with E-state index < -0.39 is 12.0 Å². The highest BCUT2D eigenvalue weighted by Crippen LogP contribution is 2.39. The van der Waals surface area contributed by atoms with Crippen LogP contribution in [-0.4, -0.2) is 108 Å². The number of nitrogens with zero attached hydrogens (tertiary/aromatic N) is 4. The topological polar surface area (TPSA) is 129 Å².